The lowest BCUT2D eigenvalue weighted by atomic mass is 9.95. The average molecular weight is 557 g/mol. The maximum atomic E-state index is 13.9. The molecule has 1 aliphatic heterocycles. The van der Waals surface area contributed by atoms with E-state index in [0.29, 0.717) is 34.4 Å². The summed E-state index contributed by atoms with van der Waals surface area (Å²) in [6.07, 6.45) is 0. The van der Waals surface area contributed by atoms with Gasteiger partial charge in [-0.25, -0.2) is 4.98 Å². The number of para-hydroxylation sites is 1. The van der Waals surface area contributed by atoms with Gasteiger partial charge >= 0.3 is 0 Å². The van der Waals surface area contributed by atoms with E-state index in [4.69, 9.17) is 13.9 Å². The topological polar surface area (TPSA) is 122 Å². The second kappa shape index (κ2) is 10.0. The molecule has 0 bridgehead atoms. The average Bonchev–Trinajstić information content (AvgIpc) is 3.64. The zero-order valence-corrected chi connectivity index (χ0v) is 22.4. The van der Waals surface area contributed by atoms with E-state index >= 15 is 0 Å². The van der Waals surface area contributed by atoms with Crippen molar-refractivity contribution in [3.05, 3.63) is 89.4 Å². The number of fused-ring (bicyclic) bond motifs is 2. The predicted molar refractivity (Wildman–Crippen MR) is 150 cm³/mol. The number of aliphatic hydroxyl groups is 1. The lowest BCUT2D eigenvalue weighted by Crippen LogP contribution is -2.31. The number of benzene rings is 3. The molecule has 0 fully saturated rings. The molecule has 0 radical (unpaired) electrons. The molecule has 0 aliphatic carbocycles. The van der Waals surface area contributed by atoms with E-state index in [2.05, 4.69) is 4.98 Å². The molecule has 0 saturated carbocycles. The number of phenols is 1. The number of nitrogens with zero attached hydrogens (tertiary/aromatic N) is 2. The van der Waals surface area contributed by atoms with Crippen molar-refractivity contribution in [1.82, 2.24) is 4.98 Å². The summed E-state index contributed by atoms with van der Waals surface area (Å²) in [4.78, 5) is 33.5. The molecule has 202 valence electrons. The number of aliphatic hydroxyl groups excluding tert-OH is 1. The smallest absolute Gasteiger partial charge is 0.296 e. The molecule has 10 heteroatoms. The van der Waals surface area contributed by atoms with Gasteiger partial charge in [-0.1, -0.05) is 35.6 Å². The molecule has 0 saturated heterocycles. The van der Waals surface area contributed by atoms with Crippen LogP contribution in [0.2, 0.25) is 0 Å². The van der Waals surface area contributed by atoms with Crippen LogP contribution in [-0.2, 0) is 4.79 Å². The quantitative estimate of drug-likeness (QED) is 0.213. The Balaban J connectivity index is 1.50. The Bertz CT molecular complexity index is 1790. The van der Waals surface area contributed by atoms with Gasteiger partial charge in [-0.15, -0.1) is 0 Å². The Morgan fingerprint density at radius 2 is 1.82 bits per heavy atom. The molecule has 3 aromatic carbocycles. The highest BCUT2D eigenvalue weighted by Gasteiger charge is 2.47. The Hall–Kier alpha value is -4.83. The van der Waals surface area contributed by atoms with Crippen LogP contribution in [0.5, 0.6) is 17.2 Å². The fourth-order valence-corrected chi connectivity index (χ4v) is 5.82. The first kappa shape index (κ1) is 25.4. The van der Waals surface area contributed by atoms with Crippen LogP contribution in [-0.4, -0.2) is 40.1 Å². The maximum Gasteiger partial charge on any atom is 0.296 e. The van der Waals surface area contributed by atoms with Crippen LogP contribution in [0.1, 0.15) is 36.0 Å². The minimum absolute atomic E-state index is 0.0168. The summed E-state index contributed by atoms with van der Waals surface area (Å²) in [7, 11) is 0. The summed E-state index contributed by atoms with van der Waals surface area (Å²) in [5, 5.41) is 22.5. The fourth-order valence-electron chi connectivity index (χ4n) is 4.80. The van der Waals surface area contributed by atoms with E-state index in [1.165, 1.54) is 22.3 Å². The number of phenolic OH excluding ortho intramolecular Hbond substituents is 1. The Morgan fingerprint density at radius 3 is 2.60 bits per heavy atom. The fraction of sp³-hybridized carbons (Fsp3) is 0.167. The summed E-state index contributed by atoms with van der Waals surface area (Å²) in [6, 6.07) is 17.6. The van der Waals surface area contributed by atoms with Crippen LogP contribution in [0, 0.1) is 0 Å². The number of aromatic nitrogens is 1. The van der Waals surface area contributed by atoms with E-state index in [1.54, 1.807) is 55.5 Å². The molecule has 1 amide bonds. The van der Waals surface area contributed by atoms with E-state index in [-0.39, 0.29) is 34.6 Å². The van der Waals surface area contributed by atoms with Gasteiger partial charge in [0, 0.05) is 5.39 Å². The Labute approximate surface area is 232 Å². The highest BCUT2D eigenvalue weighted by atomic mass is 32.1. The minimum Gasteiger partial charge on any atom is -0.504 e. The van der Waals surface area contributed by atoms with Crippen molar-refractivity contribution in [3.63, 3.8) is 0 Å². The summed E-state index contributed by atoms with van der Waals surface area (Å²) in [6.45, 7) is 4.45. The van der Waals surface area contributed by atoms with Gasteiger partial charge in [0.05, 0.1) is 35.0 Å². The molecule has 2 N–H and O–H groups in total. The number of furan rings is 1. The third kappa shape index (κ3) is 4.22. The molecule has 1 atom stereocenters. The predicted octanol–water partition coefficient (Wildman–Crippen LogP) is 6.33. The van der Waals surface area contributed by atoms with E-state index < -0.39 is 23.5 Å². The molecule has 0 spiro atoms. The van der Waals surface area contributed by atoms with Gasteiger partial charge in [0.2, 0.25) is 5.78 Å². The third-order valence-electron chi connectivity index (χ3n) is 6.57. The normalized spacial score (nSPS) is 15.4. The summed E-state index contributed by atoms with van der Waals surface area (Å²) in [5.41, 5.74) is 1.41. The molecule has 6 rings (SSSR count). The standard InChI is InChI=1S/C30H24N2O7S/c1-3-37-18-10-11-19-24(15-18)40-30(31-19)32-26(17-9-12-20(33)22(14-17)38-4-2)25(28(35)29(32)36)27(34)23-13-16-7-5-6-8-21(16)39-23/h5-15,26,33,35H,3-4H2,1-2H3. The van der Waals surface area contributed by atoms with Crippen molar-refractivity contribution in [2.45, 2.75) is 19.9 Å². The molecule has 40 heavy (non-hydrogen) atoms. The number of rotatable bonds is 8. The molecular formula is C30H24N2O7S. The van der Waals surface area contributed by atoms with E-state index in [0.717, 1.165) is 4.70 Å². The van der Waals surface area contributed by atoms with Crippen molar-refractivity contribution >= 4 is 49.3 Å². The van der Waals surface area contributed by atoms with Gasteiger partial charge in [-0.3, -0.25) is 14.5 Å². The van der Waals surface area contributed by atoms with E-state index in [9.17, 15) is 19.8 Å². The molecule has 5 aromatic rings. The van der Waals surface area contributed by atoms with Gasteiger partial charge in [-0.05, 0) is 61.9 Å². The molecule has 1 aliphatic rings. The molecule has 2 aromatic heterocycles. The highest BCUT2D eigenvalue weighted by Crippen LogP contribution is 2.46. The highest BCUT2D eigenvalue weighted by molar-refractivity contribution is 7.22. The Morgan fingerprint density at radius 1 is 1.02 bits per heavy atom. The largest absolute Gasteiger partial charge is 0.504 e. The lowest BCUT2D eigenvalue weighted by molar-refractivity contribution is -0.117. The number of anilines is 1. The second-order valence-corrected chi connectivity index (χ2v) is 10.0. The van der Waals surface area contributed by atoms with Crippen LogP contribution in [0.4, 0.5) is 5.13 Å². The second-order valence-electron chi connectivity index (χ2n) is 9.04. The first-order valence-electron chi connectivity index (χ1n) is 12.7. The Kier molecular flexibility index (Phi) is 6.39. The van der Waals surface area contributed by atoms with E-state index in [1.807, 2.05) is 19.1 Å². The van der Waals surface area contributed by atoms with Crippen LogP contribution in [0.15, 0.2) is 82.5 Å². The summed E-state index contributed by atoms with van der Waals surface area (Å²) >= 11 is 1.23. The van der Waals surface area contributed by atoms with Crippen LogP contribution >= 0.6 is 11.3 Å². The third-order valence-corrected chi connectivity index (χ3v) is 7.58. The van der Waals surface area contributed by atoms with Crippen molar-refractivity contribution in [3.8, 4) is 17.2 Å². The number of ether oxygens (including phenoxy) is 2. The molecule has 1 unspecified atom stereocenters. The molecule has 3 heterocycles. The number of carbonyl (C=O) groups is 2. The number of Topliss-reactive ketones (excluding diaryl/α,β-unsaturated/α-hetero) is 1. The molecule has 9 nitrogen and oxygen atoms in total. The number of amides is 1. The van der Waals surface area contributed by atoms with Gasteiger partial charge < -0.3 is 24.1 Å². The van der Waals surface area contributed by atoms with Crippen molar-refractivity contribution < 1.29 is 33.7 Å². The number of aromatic hydroxyl groups is 1. The van der Waals surface area contributed by atoms with Crippen LogP contribution in [0.3, 0.4) is 0 Å². The lowest BCUT2D eigenvalue weighted by Gasteiger charge is -2.24. The summed E-state index contributed by atoms with van der Waals surface area (Å²) < 4.78 is 17.7. The molecular weight excluding hydrogens is 532 g/mol. The number of hydrogen-bond donors (Lipinski definition) is 2. The first-order chi connectivity index (χ1) is 19.4. The van der Waals surface area contributed by atoms with Crippen LogP contribution < -0.4 is 14.4 Å². The van der Waals surface area contributed by atoms with Crippen molar-refractivity contribution in [2.75, 3.05) is 18.1 Å². The minimum atomic E-state index is -1.07. The van der Waals surface area contributed by atoms with Gasteiger partial charge in [-0.2, -0.15) is 0 Å². The number of thiazole rings is 1. The number of carbonyl (C=O) groups excluding carboxylic acids is 2. The zero-order valence-electron chi connectivity index (χ0n) is 21.6. The summed E-state index contributed by atoms with van der Waals surface area (Å²) in [5.74, 6) is -1.38. The zero-order chi connectivity index (χ0) is 28.0. The first-order valence-corrected chi connectivity index (χ1v) is 13.5. The monoisotopic (exact) mass is 556 g/mol. The van der Waals surface area contributed by atoms with Gasteiger partial charge in [0.25, 0.3) is 5.91 Å². The van der Waals surface area contributed by atoms with Crippen molar-refractivity contribution in [1.29, 1.82) is 0 Å². The maximum absolute atomic E-state index is 13.9. The van der Waals surface area contributed by atoms with Crippen molar-refractivity contribution in [2.24, 2.45) is 0 Å². The van der Waals surface area contributed by atoms with Gasteiger partial charge in [0.1, 0.15) is 11.3 Å². The van der Waals surface area contributed by atoms with Crippen LogP contribution in [0.25, 0.3) is 21.2 Å². The van der Waals surface area contributed by atoms with Gasteiger partial charge in [0.15, 0.2) is 28.1 Å². The SMILES string of the molecule is CCOc1ccc2nc(N3C(=O)C(O)=C(C(=O)c4cc5ccccc5o4)C3c3ccc(O)c(OCC)c3)sc2c1. The number of ketones is 1. The number of hydrogen-bond acceptors (Lipinski definition) is 9.